The van der Waals surface area contributed by atoms with E-state index < -0.39 is 0 Å². The molecule has 0 spiro atoms. The number of carbonyl (C=O) groups excluding carboxylic acids is 1. The van der Waals surface area contributed by atoms with Crippen molar-refractivity contribution in [3.8, 4) is 11.4 Å². The molecule has 2 heterocycles. The zero-order valence-electron chi connectivity index (χ0n) is 12.9. The molecule has 0 bridgehead atoms. The van der Waals surface area contributed by atoms with Crippen molar-refractivity contribution in [2.75, 3.05) is 0 Å². The van der Waals surface area contributed by atoms with Crippen molar-refractivity contribution in [2.45, 2.75) is 26.3 Å². The van der Waals surface area contributed by atoms with Crippen molar-refractivity contribution in [3.63, 3.8) is 0 Å². The van der Waals surface area contributed by atoms with Crippen LogP contribution in [0.2, 0.25) is 0 Å². The number of nitrogens with zero attached hydrogens (tertiary/aromatic N) is 3. The third-order valence-electron chi connectivity index (χ3n) is 3.43. The maximum absolute atomic E-state index is 12.3. The fraction of sp³-hybridized carbons (Fsp3) is 0.250. The molecule has 0 aliphatic carbocycles. The normalized spacial score (nSPS) is 12.1. The highest BCUT2D eigenvalue weighted by molar-refractivity contribution is 7.11. The molecule has 3 rings (SSSR count). The summed E-state index contributed by atoms with van der Waals surface area (Å²) in [6, 6.07) is 11.5. The van der Waals surface area contributed by atoms with Crippen molar-refractivity contribution >= 4 is 17.2 Å². The summed E-state index contributed by atoms with van der Waals surface area (Å²) in [5, 5.41) is 16.8. The summed E-state index contributed by atoms with van der Waals surface area (Å²) in [5.41, 5.74) is 1.43. The van der Waals surface area contributed by atoms with Crippen LogP contribution < -0.4 is 5.32 Å². The van der Waals surface area contributed by atoms with Gasteiger partial charge in [0.2, 0.25) is 5.82 Å². The zero-order valence-corrected chi connectivity index (χ0v) is 13.7. The van der Waals surface area contributed by atoms with Gasteiger partial charge in [0.25, 0.3) is 5.91 Å². The monoisotopic (exact) mass is 327 g/mol. The number of rotatable bonds is 5. The number of nitrogens with one attached hydrogen (secondary N) is 2. The minimum Gasteiger partial charge on any atom is -0.349 e. The average molecular weight is 327 g/mol. The highest BCUT2D eigenvalue weighted by Gasteiger charge is 2.12. The van der Waals surface area contributed by atoms with E-state index in [4.69, 9.17) is 0 Å². The second kappa shape index (κ2) is 6.70. The van der Waals surface area contributed by atoms with E-state index in [1.165, 1.54) is 9.75 Å². The number of aryl methyl sites for hydroxylation is 1. The molecule has 0 saturated carbocycles. The van der Waals surface area contributed by atoms with Gasteiger partial charge in [-0.1, -0.05) is 12.1 Å². The number of amides is 1. The van der Waals surface area contributed by atoms with Gasteiger partial charge in [-0.05, 0) is 43.3 Å². The lowest BCUT2D eigenvalue weighted by atomic mass is 10.1. The molecule has 2 N–H and O–H groups in total. The first-order valence-corrected chi connectivity index (χ1v) is 8.13. The molecule has 1 atom stereocenters. The Morgan fingerprint density at radius 3 is 2.65 bits per heavy atom. The largest absolute Gasteiger partial charge is 0.349 e. The molecule has 0 radical (unpaired) electrons. The van der Waals surface area contributed by atoms with Crippen LogP contribution in [-0.2, 0) is 6.42 Å². The van der Waals surface area contributed by atoms with Gasteiger partial charge in [0, 0.05) is 33.3 Å². The smallest absolute Gasteiger partial charge is 0.251 e. The van der Waals surface area contributed by atoms with Gasteiger partial charge in [-0.2, -0.15) is 5.21 Å². The summed E-state index contributed by atoms with van der Waals surface area (Å²) >= 11 is 1.77. The van der Waals surface area contributed by atoms with Crippen molar-refractivity contribution in [1.29, 1.82) is 0 Å². The van der Waals surface area contributed by atoms with Crippen LogP contribution >= 0.6 is 11.3 Å². The summed E-state index contributed by atoms with van der Waals surface area (Å²) in [7, 11) is 0. The van der Waals surface area contributed by atoms with Crippen LogP contribution in [0.5, 0.6) is 0 Å². The molecule has 6 nitrogen and oxygen atoms in total. The number of hydrogen-bond donors (Lipinski definition) is 2. The SMILES string of the molecule is Cc1ccc(CC(C)NC(=O)c2ccc(-c3nn[nH]n3)cc2)s1. The summed E-state index contributed by atoms with van der Waals surface area (Å²) in [6.07, 6.45) is 0.838. The van der Waals surface area contributed by atoms with Gasteiger partial charge >= 0.3 is 0 Å². The molecule has 1 amide bonds. The minimum absolute atomic E-state index is 0.0783. The molecule has 1 aromatic carbocycles. The molecule has 1 unspecified atom stereocenters. The lowest BCUT2D eigenvalue weighted by Gasteiger charge is -2.13. The molecule has 0 aliphatic rings. The van der Waals surface area contributed by atoms with Crippen molar-refractivity contribution in [1.82, 2.24) is 25.9 Å². The highest BCUT2D eigenvalue weighted by atomic mass is 32.1. The average Bonchev–Trinajstić information content (AvgIpc) is 3.19. The lowest BCUT2D eigenvalue weighted by molar-refractivity contribution is 0.0940. The topological polar surface area (TPSA) is 83.6 Å². The fourth-order valence-electron chi connectivity index (χ4n) is 2.31. The molecular formula is C16H17N5OS. The maximum atomic E-state index is 12.3. The Kier molecular flexibility index (Phi) is 4.47. The van der Waals surface area contributed by atoms with Gasteiger partial charge in [-0.15, -0.1) is 21.5 Å². The van der Waals surface area contributed by atoms with Gasteiger partial charge in [-0.25, -0.2) is 0 Å². The Labute approximate surface area is 137 Å². The quantitative estimate of drug-likeness (QED) is 0.754. The van der Waals surface area contributed by atoms with E-state index in [-0.39, 0.29) is 11.9 Å². The van der Waals surface area contributed by atoms with Crippen LogP contribution in [-0.4, -0.2) is 32.6 Å². The van der Waals surface area contributed by atoms with Crippen molar-refractivity contribution in [2.24, 2.45) is 0 Å². The molecule has 2 aromatic heterocycles. The Balaban J connectivity index is 1.61. The van der Waals surface area contributed by atoms with Gasteiger partial charge in [-0.3, -0.25) is 4.79 Å². The Bertz CT molecular complexity index is 779. The van der Waals surface area contributed by atoms with Crippen molar-refractivity contribution in [3.05, 3.63) is 51.7 Å². The van der Waals surface area contributed by atoms with Crippen LogP contribution in [0.3, 0.4) is 0 Å². The van der Waals surface area contributed by atoms with E-state index in [0.717, 1.165) is 12.0 Å². The lowest BCUT2D eigenvalue weighted by Crippen LogP contribution is -2.33. The number of hydrogen-bond acceptors (Lipinski definition) is 5. The third-order valence-corrected chi connectivity index (χ3v) is 4.45. The first-order chi connectivity index (χ1) is 11.1. The summed E-state index contributed by atoms with van der Waals surface area (Å²) in [5.74, 6) is 0.434. The number of H-pyrrole nitrogens is 1. The number of benzene rings is 1. The first-order valence-electron chi connectivity index (χ1n) is 7.32. The van der Waals surface area contributed by atoms with Gasteiger partial charge in [0.1, 0.15) is 0 Å². The number of tetrazole rings is 1. The molecule has 118 valence electrons. The van der Waals surface area contributed by atoms with Crippen LogP contribution in [0, 0.1) is 6.92 Å². The van der Waals surface area contributed by atoms with E-state index in [9.17, 15) is 4.79 Å². The van der Waals surface area contributed by atoms with Gasteiger partial charge < -0.3 is 5.32 Å². The molecule has 3 aromatic rings. The molecular weight excluding hydrogens is 310 g/mol. The second-order valence-corrected chi connectivity index (χ2v) is 6.78. The summed E-state index contributed by atoms with van der Waals surface area (Å²) < 4.78 is 0. The third kappa shape index (κ3) is 3.81. The first kappa shape index (κ1) is 15.4. The fourth-order valence-corrected chi connectivity index (χ4v) is 3.33. The predicted octanol–water partition coefficient (Wildman–Crippen LogP) is 2.60. The Morgan fingerprint density at radius 1 is 1.26 bits per heavy atom. The molecule has 0 saturated heterocycles. The molecule has 0 aliphatic heterocycles. The standard InChI is InChI=1S/C16H17N5OS/c1-10(9-14-8-3-11(2)23-14)17-16(22)13-6-4-12(5-7-13)15-18-20-21-19-15/h3-8,10H,9H2,1-2H3,(H,17,22)(H,18,19,20,21). The van der Waals surface area contributed by atoms with E-state index in [2.05, 4.69) is 45.0 Å². The minimum atomic E-state index is -0.0783. The number of aromatic nitrogens is 4. The summed E-state index contributed by atoms with van der Waals surface area (Å²) in [4.78, 5) is 14.9. The maximum Gasteiger partial charge on any atom is 0.251 e. The molecule has 7 heteroatoms. The van der Waals surface area contributed by atoms with E-state index in [1.54, 1.807) is 23.5 Å². The zero-order chi connectivity index (χ0) is 16.2. The Morgan fingerprint density at radius 2 is 2.04 bits per heavy atom. The van der Waals surface area contributed by atoms with E-state index in [1.807, 2.05) is 19.1 Å². The van der Waals surface area contributed by atoms with Crippen molar-refractivity contribution < 1.29 is 4.79 Å². The van der Waals surface area contributed by atoms with Crippen LogP contribution in [0.4, 0.5) is 0 Å². The van der Waals surface area contributed by atoms with Gasteiger partial charge in [0.15, 0.2) is 0 Å². The second-order valence-electron chi connectivity index (χ2n) is 5.40. The Hall–Kier alpha value is -2.54. The molecule has 0 fully saturated rings. The van der Waals surface area contributed by atoms with Crippen LogP contribution in [0.15, 0.2) is 36.4 Å². The van der Waals surface area contributed by atoms with Crippen LogP contribution in [0.25, 0.3) is 11.4 Å². The highest BCUT2D eigenvalue weighted by Crippen LogP contribution is 2.17. The molecule has 23 heavy (non-hydrogen) atoms. The van der Waals surface area contributed by atoms with Gasteiger partial charge in [0.05, 0.1) is 0 Å². The summed E-state index contributed by atoms with van der Waals surface area (Å²) in [6.45, 7) is 4.10. The number of thiophene rings is 1. The number of carbonyl (C=O) groups is 1. The van der Waals surface area contributed by atoms with E-state index >= 15 is 0 Å². The predicted molar refractivity (Wildman–Crippen MR) is 89.3 cm³/mol. The number of aromatic amines is 1. The van der Waals surface area contributed by atoms with E-state index in [0.29, 0.717) is 11.4 Å². The van der Waals surface area contributed by atoms with Crippen LogP contribution in [0.1, 0.15) is 27.0 Å².